The largest absolute Gasteiger partial charge is 0.408 e. The van der Waals surface area contributed by atoms with E-state index in [4.69, 9.17) is 4.43 Å². The first-order chi connectivity index (χ1) is 13.0. The van der Waals surface area contributed by atoms with Crippen LogP contribution in [0.5, 0.6) is 0 Å². The lowest BCUT2D eigenvalue weighted by Gasteiger charge is -2.39. The molecule has 0 aliphatic heterocycles. The van der Waals surface area contributed by atoms with Gasteiger partial charge in [-0.25, -0.2) is 0 Å². The summed E-state index contributed by atoms with van der Waals surface area (Å²) in [6.45, 7) is 9.97. The van der Waals surface area contributed by atoms with E-state index in [1.165, 1.54) is 21.9 Å². The van der Waals surface area contributed by atoms with Crippen LogP contribution in [0, 0.1) is 0 Å². The Kier molecular flexibility index (Phi) is 6.30. The molecule has 0 fully saturated rings. The molecule has 1 nitrogen and oxygen atoms in total. The van der Waals surface area contributed by atoms with Crippen LogP contribution in [-0.4, -0.2) is 8.32 Å². The minimum absolute atomic E-state index is 0.504. The lowest BCUT2D eigenvalue weighted by atomic mass is 10.1. The van der Waals surface area contributed by atoms with E-state index in [2.05, 4.69) is 113 Å². The molecule has 140 valence electrons. The van der Waals surface area contributed by atoms with Crippen molar-refractivity contribution in [1.29, 1.82) is 0 Å². The minimum Gasteiger partial charge on any atom is -0.408 e. The zero-order valence-electron chi connectivity index (χ0n) is 16.9. The van der Waals surface area contributed by atoms with Crippen molar-refractivity contribution in [2.24, 2.45) is 0 Å². The zero-order valence-corrected chi connectivity index (χ0v) is 17.9. The molecule has 0 saturated carbocycles. The number of rotatable bonds is 7. The third kappa shape index (κ3) is 4.23. The highest BCUT2D eigenvalue weighted by molar-refractivity contribution is 6.88. The second kappa shape index (κ2) is 8.68. The van der Waals surface area contributed by atoms with Crippen molar-refractivity contribution < 1.29 is 4.43 Å². The molecule has 3 aromatic carbocycles. The molecule has 0 heterocycles. The van der Waals surface area contributed by atoms with Gasteiger partial charge in [0.05, 0.1) is 6.61 Å². The highest BCUT2D eigenvalue weighted by atomic mass is 28.4. The molecule has 0 spiro atoms. The quantitative estimate of drug-likeness (QED) is 0.426. The second-order valence-corrected chi connectivity index (χ2v) is 12.6. The zero-order chi connectivity index (χ0) is 19.3. The van der Waals surface area contributed by atoms with Crippen LogP contribution in [0.15, 0.2) is 84.9 Å². The fourth-order valence-electron chi connectivity index (χ4n) is 4.08. The van der Waals surface area contributed by atoms with Crippen molar-refractivity contribution in [3.05, 3.63) is 90.5 Å². The lowest BCUT2D eigenvalue weighted by Crippen LogP contribution is -2.55. The molecule has 0 N–H and O–H groups in total. The first-order valence-corrected chi connectivity index (χ1v) is 11.9. The molecule has 0 saturated heterocycles. The molecule has 3 rings (SSSR count). The van der Waals surface area contributed by atoms with Gasteiger partial charge in [-0.15, -0.1) is 0 Å². The fourth-order valence-corrected chi connectivity index (χ4v) is 8.67. The highest BCUT2D eigenvalue weighted by Gasteiger charge is 2.44. The van der Waals surface area contributed by atoms with Crippen molar-refractivity contribution in [2.45, 2.75) is 45.4 Å². The van der Waals surface area contributed by atoms with Gasteiger partial charge in [-0.1, -0.05) is 113 Å². The molecule has 0 radical (unpaired) electrons. The lowest BCUT2D eigenvalue weighted by molar-refractivity contribution is 0.283. The van der Waals surface area contributed by atoms with Gasteiger partial charge in [-0.3, -0.25) is 0 Å². The van der Waals surface area contributed by atoms with Gasteiger partial charge in [0.15, 0.2) is 0 Å². The van der Waals surface area contributed by atoms with Crippen molar-refractivity contribution in [3.63, 3.8) is 0 Å². The van der Waals surface area contributed by atoms with E-state index in [1.807, 2.05) is 0 Å². The Morgan fingerprint density at radius 2 is 1.11 bits per heavy atom. The molecule has 2 heteroatoms. The van der Waals surface area contributed by atoms with Crippen LogP contribution in [0.3, 0.4) is 0 Å². The number of benzene rings is 3. The van der Waals surface area contributed by atoms with Crippen LogP contribution in [0.4, 0.5) is 0 Å². The van der Waals surface area contributed by atoms with Crippen molar-refractivity contribution in [1.82, 2.24) is 0 Å². The average molecular weight is 375 g/mol. The van der Waals surface area contributed by atoms with Gasteiger partial charge in [-0.05, 0) is 33.0 Å². The molecule has 0 amide bonds. The summed E-state index contributed by atoms with van der Waals surface area (Å²) in [5.74, 6) is 0. The van der Waals surface area contributed by atoms with Crippen LogP contribution in [0.25, 0.3) is 11.1 Å². The summed E-state index contributed by atoms with van der Waals surface area (Å²) in [5.41, 5.74) is 4.78. The first-order valence-electron chi connectivity index (χ1n) is 9.88. The summed E-state index contributed by atoms with van der Waals surface area (Å²) in [5, 5.41) is 1.39. The standard InChI is InChI=1S/C25H30OSi/c1-20(2)27(21(3)4,26-19-22-11-7-5-8-12-22)25-17-15-24(16-18-25)23-13-9-6-10-14-23/h5-18,20-21H,19H2,1-4H3. The predicted molar refractivity (Wildman–Crippen MR) is 119 cm³/mol. The maximum absolute atomic E-state index is 6.81. The summed E-state index contributed by atoms with van der Waals surface area (Å²) in [7, 11) is -2.13. The van der Waals surface area contributed by atoms with E-state index >= 15 is 0 Å². The second-order valence-electron chi connectivity index (χ2n) is 7.82. The molecule has 27 heavy (non-hydrogen) atoms. The molecule has 0 aromatic heterocycles. The van der Waals surface area contributed by atoms with E-state index < -0.39 is 8.32 Å². The van der Waals surface area contributed by atoms with Crippen LogP contribution in [-0.2, 0) is 11.0 Å². The summed E-state index contributed by atoms with van der Waals surface area (Å²) in [6, 6.07) is 30.2. The Labute approximate surface area is 165 Å². The van der Waals surface area contributed by atoms with E-state index in [-0.39, 0.29) is 0 Å². The predicted octanol–water partition coefficient (Wildman–Crippen LogP) is 6.54. The Bertz CT molecular complexity index is 815. The summed E-state index contributed by atoms with van der Waals surface area (Å²) >= 11 is 0. The molecule has 0 aliphatic rings. The first kappa shape index (κ1) is 19.6. The summed E-state index contributed by atoms with van der Waals surface area (Å²) in [4.78, 5) is 0. The van der Waals surface area contributed by atoms with Crippen LogP contribution >= 0.6 is 0 Å². The molecule has 0 unspecified atom stereocenters. The molecule has 0 bridgehead atoms. The molecule has 0 atom stereocenters. The minimum atomic E-state index is -2.13. The van der Waals surface area contributed by atoms with Gasteiger partial charge in [0.1, 0.15) is 0 Å². The maximum atomic E-state index is 6.81. The van der Waals surface area contributed by atoms with Gasteiger partial charge in [0.25, 0.3) is 0 Å². The van der Waals surface area contributed by atoms with Crippen molar-refractivity contribution in [2.75, 3.05) is 0 Å². The SMILES string of the molecule is CC(C)[Si](OCc1ccccc1)(c1ccc(-c2ccccc2)cc1)C(C)C. The number of hydrogen-bond acceptors (Lipinski definition) is 1. The summed E-state index contributed by atoms with van der Waals surface area (Å²) in [6.07, 6.45) is 0. The van der Waals surface area contributed by atoms with E-state index in [9.17, 15) is 0 Å². The third-order valence-electron chi connectivity index (χ3n) is 5.48. The van der Waals surface area contributed by atoms with Gasteiger partial charge in [-0.2, -0.15) is 0 Å². The fraction of sp³-hybridized carbons (Fsp3) is 0.280. The van der Waals surface area contributed by atoms with Gasteiger partial charge in [0, 0.05) is 0 Å². The topological polar surface area (TPSA) is 9.23 Å². The van der Waals surface area contributed by atoms with Gasteiger partial charge < -0.3 is 4.43 Å². The van der Waals surface area contributed by atoms with Crippen LogP contribution in [0.2, 0.25) is 11.1 Å². The number of hydrogen-bond donors (Lipinski definition) is 0. The molecule has 3 aromatic rings. The van der Waals surface area contributed by atoms with E-state index in [1.54, 1.807) is 0 Å². The smallest absolute Gasteiger partial charge is 0.229 e. The highest BCUT2D eigenvalue weighted by Crippen LogP contribution is 2.34. The van der Waals surface area contributed by atoms with Gasteiger partial charge in [0.2, 0.25) is 8.32 Å². The van der Waals surface area contributed by atoms with E-state index in [0.29, 0.717) is 17.7 Å². The van der Waals surface area contributed by atoms with E-state index in [0.717, 1.165) is 0 Å². The molecular weight excluding hydrogens is 344 g/mol. The maximum Gasteiger partial charge on any atom is 0.229 e. The van der Waals surface area contributed by atoms with Crippen LogP contribution < -0.4 is 5.19 Å². The van der Waals surface area contributed by atoms with Crippen molar-refractivity contribution in [3.8, 4) is 11.1 Å². The molecule has 0 aliphatic carbocycles. The Hall–Kier alpha value is -2.16. The Balaban J connectivity index is 1.93. The molecular formula is C25H30OSi. The van der Waals surface area contributed by atoms with Crippen LogP contribution in [0.1, 0.15) is 33.3 Å². The third-order valence-corrected chi connectivity index (χ3v) is 10.8. The Morgan fingerprint density at radius 3 is 1.63 bits per heavy atom. The van der Waals surface area contributed by atoms with Crippen molar-refractivity contribution >= 4 is 13.5 Å². The van der Waals surface area contributed by atoms with Gasteiger partial charge >= 0.3 is 0 Å². The summed E-state index contributed by atoms with van der Waals surface area (Å²) < 4.78 is 6.81. The average Bonchev–Trinajstić information content (AvgIpc) is 2.70. The Morgan fingerprint density at radius 1 is 0.630 bits per heavy atom. The monoisotopic (exact) mass is 374 g/mol. The normalized spacial score (nSPS) is 11.9.